The number of aryl methyl sites for hydroxylation is 2. The molecule has 2 heterocycles. The summed E-state index contributed by atoms with van der Waals surface area (Å²) < 4.78 is 0. The molecule has 0 bridgehead atoms. The van der Waals surface area contributed by atoms with Crippen LogP contribution >= 0.6 is 0 Å². The van der Waals surface area contributed by atoms with Gasteiger partial charge in [-0.25, -0.2) is 4.98 Å². The maximum absolute atomic E-state index is 11.4. The van der Waals surface area contributed by atoms with Gasteiger partial charge in [0.15, 0.2) is 5.69 Å². The number of anilines is 1. The lowest BCUT2D eigenvalue weighted by Crippen LogP contribution is -2.38. The van der Waals surface area contributed by atoms with Crippen molar-refractivity contribution >= 4 is 11.7 Å². The molecule has 3 rings (SSSR count). The molecule has 1 aromatic heterocycles. The maximum atomic E-state index is 11.4. The fraction of sp³-hybridized carbons (Fsp3) is 0.455. The van der Waals surface area contributed by atoms with Crippen molar-refractivity contribution in [3.8, 4) is 17.3 Å². The normalized spacial score (nSPS) is 15.9. The van der Waals surface area contributed by atoms with E-state index in [2.05, 4.69) is 33.1 Å². The molecule has 0 aliphatic carbocycles. The van der Waals surface area contributed by atoms with E-state index in [0.29, 0.717) is 17.8 Å². The van der Waals surface area contributed by atoms with E-state index in [9.17, 15) is 15.2 Å². The summed E-state index contributed by atoms with van der Waals surface area (Å²) in [5.41, 5.74) is 4.57. The van der Waals surface area contributed by atoms with Gasteiger partial charge in [-0.05, 0) is 51.2 Å². The molecular weight excluding hydrogens is 352 g/mol. The van der Waals surface area contributed by atoms with Crippen LogP contribution in [0.5, 0.6) is 0 Å². The Kier molecular flexibility index (Phi) is 5.93. The molecule has 1 aliphatic rings. The molecule has 0 amide bonds. The van der Waals surface area contributed by atoms with Crippen LogP contribution in [0.3, 0.4) is 0 Å². The zero-order valence-electron chi connectivity index (χ0n) is 16.6. The number of carboxylic acids is 1. The summed E-state index contributed by atoms with van der Waals surface area (Å²) in [5, 5.41) is 18.7. The standard InChI is InChI=1S/C22H26N4O2/c1-4-19(22(27)28)16-8-10-26(11-9-16)18-7-5-6-17(12-18)21-15(3)24-14(2)20(13-23)25-21/h5-7,12,16,19H,4,8-11H2,1-3H3,(H,27,28). The number of aromatic nitrogens is 2. The Morgan fingerprint density at radius 3 is 2.61 bits per heavy atom. The minimum Gasteiger partial charge on any atom is -0.481 e. The van der Waals surface area contributed by atoms with Crippen LogP contribution < -0.4 is 4.90 Å². The summed E-state index contributed by atoms with van der Waals surface area (Å²) in [6.45, 7) is 7.35. The third kappa shape index (κ3) is 3.99. The van der Waals surface area contributed by atoms with Crippen LogP contribution in [0.25, 0.3) is 11.3 Å². The third-order valence-corrected chi connectivity index (χ3v) is 5.70. The van der Waals surface area contributed by atoms with Gasteiger partial charge in [-0.1, -0.05) is 19.1 Å². The Morgan fingerprint density at radius 2 is 2.00 bits per heavy atom. The number of carbonyl (C=O) groups is 1. The molecule has 0 saturated carbocycles. The molecule has 1 atom stereocenters. The summed E-state index contributed by atoms with van der Waals surface area (Å²) in [6, 6.07) is 10.2. The van der Waals surface area contributed by atoms with Crippen LogP contribution in [0.15, 0.2) is 24.3 Å². The monoisotopic (exact) mass is 378 g/mol. The maximum Gasteiger partial charge on any atom is 0.306 e. The first-order valence-corrected chi connectivity index (χ1v) is 9.78. The average molecular weight is 378 g/mol. The number of nitrogens with zero attached hydrogens (tertiary/aromatic N) is 4. The van der Waals surface area contributed by atoms with E-state index >= 15 is 0 Å². The first-order valence-electron chi connectivity index (χ1n) is 9.78. The number of hydrogen-bond donors (Lipinski definition) is 1. The van der Waals surface area contributed by atoms with Crippen LogP contribution in [-0.2, 0) is 4.79 Å². The van der Waals surface area contributed by atoms with Gasteiger partial charge in [0.05, 0.1) is 23.0 Å². The smallest absolute Gasteiger partial charge is 0.306 e. The van der Waals surface area contributed by atoms with Crippen molar-refractivity contribution in [3.63, 3.8) is 0 Å². The lowest BCUT2D eigenvalue weighted by molar-refractivity contribution is -0.144. The van der Waals surface area contributed by atoms with Gasteiger partial charge in [0.25, 0.3) is 0 Å². The third-order valence-electron chi connectivity index (χ3n) is 5.70. The van der Waals surface area contributed by atoms with E-state index in [-0.39, 0.29) is 11.8 Å². The number of piperidine rings is 1. The van der Waals surface area contributed by atoms with E-state index in [0.717, 1.165) is 48.6 Å². The number of rotatable bonds is 5. The van der Waals surface area contributed by atoms with Crippen LogP contribution in [-0.4, -0.2) is 34.1 Å². The molecule has 146 valence electrons. The van der Waals surface area contributed by atoms with Crippen molar-refractivity contribution in [1.29, 1.82) is 5.26 Å². The Morgan fingerprint density at radius 1 is 1.29 bits per heavy atom. The highest BCUT2D eigenvalue weighted by atomic mass is 16.4. The van der Waals surface area contributed by atoms with Gasteiger partial charge in [0, 0.05) is 24.3 Å². The van der Waals surface area contributed by atoms with Gasteiger partial charge in [-0.3, -0.25) is 9.78 Å². The van der Waals surface area contributed by atoms with E-state index in [1.807, 2.05) is 26.0 Å². The highest BCUT2D eigenvalue weighted by molar-refractivity contribution is 5.70. The molecule has 6 heteroatoms. The molecule has 28 heavy (non-hydrogen) atoms. The highest BCUT2D eigenvalue weighted by Gasteiger charge is 2.30. The predicted octanol–water partition coefficient (Wildman–Crippen LogP) is 3.96. The van der Waals surface area contributed by atoms with E-state index in [1.165, 1.54) is 0 Å². The molecule has 1 aliphatic heterocycles. The molecule has 1 aromatic carbocycles. The SMILES string of the molecule is CCC(C(=O)O)C1CCN(c2cccc(-c3nc(C#N)c(C)nc3C)c2)CC1. The second kappa shape index (κ2) is 8.39. The first-order chi connectivity index (χ1) is 13.4. The zero-order valence-corrected chi connectivity index (χ0v) is 16.6. The van der Waals surface area contributed by atoms with Crippen molar-refractivity contribution in [2.75, 3.05) is 18.0 Å². The minimum absolute atomic E-state index is 0.241. The first kappa shape index (κ1) is 19.8. The quantitative estimate of drug-likeness (QED) is 0.847. The molecule has 1 saturated heterocycles. The fourth-order valence-electron chi connectivity index (χ4n) is 4.13. The van der Waals surface area contributed by atoms with Crippen molar-refractivity contribution in [2.24, 2.45) is 11.8 Å². The van der Waals surface area contributed by atoms with Gasteiger partial charge < -0.3 is 10.0 Å². The van der Waals surface area contributed by atoms with Crippen molar-refractivity contribution in [3.05, 3.63) is 41.3 Å². The van der Waals surface area contributed by atoms with Gasteiger partial charge in [-0.2, -0.15) is 5.26 Å². The second-order valence-electron chi connectivity index (χ2n) is 7.43. The lowest BCUT2D eigenvalue weighted by atomic mass is 9.82. The van der Waals surface area contributed by atoms with Gasteiger partial charge >= 0.3 is 5.97 Å². The van der Waals surface area contributed by atoms with Gasteiger partial charge in [-0.15, -0.1) is 0 Å². The molecule has 1 fully saturated rings. The van der Waals surface area contributed by atoms with E-state index in [1.54, 1.807) is 6.92 Å². The number of hydrogen-bond acceptors (Lipinski definition) is 5. The minimum atomic E-state index is -0.676. The average Bonchev–Trinajstić information content (AvgIpc) is 2.69. The van der Waals surface area contributed by atoms with Crippen LogP contribution in [0, 0.1) is 37.0 Å². The van der Waals surface area contributed by atoms with Crippen LogP contribution in [0.2, 0.25) is 0 Å². The molecule has 1 N–H and O–H groups in total. The Balaban J connectivity index is 1.80. The Bertz CT molecular complexity index is 911. The van der Waals surface area contributed by atoms with E-state index in [4.69, 9.17) is 0 Å². The lowest BCUT2D eigenvalue weighted by Gasteiger charge is -2.36. The molecule has 2 aromatic rings. The number of nitriles is 1. The number of benzene rings is 1. The summed E-state index contributed by atoms with van der Waals surface area (Å²) >= 11 is 0. The van der Waals surface area contributed by atoms with E-state index < -0.39 is 5.97 Å². The molecule has 0 spiro atoms. The number of carboxylic acid groups (broad SMARTS) is 1. The zero-order chi connectivity index (χ0) is 20.3. The fourth-order valence-corrected chi connectivity index (χ4v) is 4.13. The highest BCUT2D eigenvalue weighted by Crippen LogP contribution is 2.32. The van der Waals surface area contributed by atoms with Gasteiger partial charge in [0.1, 0.15) is 6.07 Å². The molecule has 6 nitrogen and oxygen atoms in total. The summed E-state index contributed by atoms with van der Waals surface area (Å²) in [5.74, 6) is -0.682. The van der Waals surface area contributed by atoms with Crippen LogP contribution in [0.1, 0.15) is 43.3 Å². The predicted molar refractivity (Wildman–Crippen MR) is 108 cm³/mol. The summed E-state index contributed by atoms with van der Waals surface area (Å²) in [6.07, 6.45) is 2.45. The topological polar surface area (TPSA) is 90.1 Å². The summed E-state index contributed by atoms with van der Waals surface area (Å²) in [4.78, 5) is 22.7. The second-order valence-corrected chi connectivity index (χ2v) is 7.43. The number of aliphatic carboxylic acids is 1. The Labute approximate surface area is 165 Å². The Hall–Kier alpha value is -2.94. The largest absolute Gasteiger partial charge is 0.481 e. The van der Waals surface area contributed by atoms with Gasteiger partial charge in [0.2, 0.25) is 0 Å². The van der Waals surface area contributed by atoms with Crippen molar-refractivity contribution in [2.45, 2.75) is 40.0 Å². The summed E-state index contributed by atoms with van der Waals surface area (Å²) in [7, 11) is 0. The molecule has 0 radical (unpaired) electrons. The molecular formula is C22H26N4O2. The van der Waals surface area contributed by atoms with Crippen molar-refractivity contribution in [1.82, 2.24) is 9.97 Å². The van der Waals surface area contributed by atoms with Crippen LogP contribution in [0.4, 0.5) is 5.69 Å². The van der Waals surface area contributed by atoms with Crippen molar-refractivity contribution < 1.29 is 9.90 Å². The molecule has 1 unspecified atom stereocenters.